The molecule has 0 spiro atoms. The minimum atomic E-state index is -1.51. The molecule has 140 valence electrons. The molecule has 1 saturated heterocycles. The molecule has 0 aromatic heterocycles. The standard InChI is InChI=1S/C21H19Cl2NO3/c1-27-14-6-7-15(18(23)10-14)16-8-9-21(26)17(11-24-20(21)25)19(16)12-2-4-13(22)5-3-12/h2-10,16-17,19,26H,11H2,1H3,(H,24,25)/t16-,17-,19-,21-/m0/s1. The second-order valence-electron chi connectivity index (χ2n) is 6.99. The fraction of sp³-hybridized carbons (Fsp3) is 0.286. The van der Waals surface area contributed by atoms with Crippen LogP contribution < -0.4 is 10.1 Å². The number of ether oxygens (including phenoxy) is 1. The summed E-state index contributed by atoms with van der Waals surface area (Å²) in [6.45, 7) is 0.400. The number of aliphatic hydroxyl groups is 1. The minimum absolute atomic E-state index is 0.0949. The summed E-state index contributed by atoms with van der Waals surface area (Å²) < 4.78 is 5.25. The van der Waals surface area contributed by atoms with Crippen LogP contribution in [-0.2, 0) is 4.79 Å². The third-order valence-electron chi connectivity index (χ3n) is 5.61. The van der Waals surface area contributed by atoms with Gasteiger partial charge in [-0.05, 0) is 41.5 Å². The average molecular weight is 404 g/mol. The summed E-state index contributed by atoms with van der Waals surface area (Å²) in [5.74, 6) is -0.216. The first-order chi connectivity index (χ1) is 12.9. The van der Waals surface area contributed by atoms with Crippen molar-refractivity contribution in [1.29, 1.82) is 0 Å². The van der Waals surface area contributed by atoms with Gasteiger partial charge in [0.1, 0.15) is 5.75 Å². The molecule has 0 unspecified atom stereocenters. The molecule has 2 aromatic carbocycles. The van der Waals surface area contributed by atoms with Gasteiger partial charge in [0, 0.05) is 34.3 Å². The molecule has 2 aliphatic rings. The first-order valence-electron chi connectivity index (χ1n) is 8.73. The van der Waals surface area contributed by atoms with E-state index in [0.29, 0.717) is 22.3 Å². The van der Waals surface area contributed by atoms with E-state index in [1.165, 1.54) is 0 Å². The summed E-state index contributed by atoms with van der Waals surface area (Å²) in [5, 5.41) is 15.0. The van der Waals surface area contributed by atoms with Gasteiger partial charge < -0.3 is 15.2 Å². The highest BCUT2D eigenvalue weighted by Gasteiger charge is 2.54. The maximum atomic E-state index is 12.3. The molecule has 1 aliphatic carbocycles. The first kappa shape index (κ1) is 18.4. The van der Waals surface area contributed by atoms with Gasteiger partial charge in [0.15, 0.2) is 5.60 Å². The van der Waals surface area contributed by atoms with E-state index in [4.69, 9.17) is 27.9 Å². The van der Waals surface area contributed by atoms with Crippen molar-refractivity contribution in [3.8, 4) is 5.75 Å². The zero-order valence-electron chi connectivity index (χ0n) is 14.7. The van der Waals surface area contributed by atoms with Crippen LogP contribution in [0.25, 0.3) is 0 Å². The van der Waals surface area contributed by atoms with Crippen LogP contribution in [0.4, 0.5) is 0 Å². The molecular weight excluding hydrogens is 385 g/mol. The van der Waals surface area contributed by atoms with Crippen LogP contribution >= 0.6 is 23.2 Å². The molecule has 4 nitrogen and oxygen atoms in total. The van der Waals surface area contributed by atoms with E-state index in [1.54, 1.807) is 19.3 Å². The van der Waals surface area contributed by atoms with E-state index >= 15 is 0 Å². The molecule has 0 bridgehead atoms. The number of methoxy groups -OCH3 is 1. The van der Waals surface area contributed by atoms with Crippen molar-refractivity contribution in [3.63, 3.8) is 0 Å². The topological polar surface area (TPSA) is 58.6 Å². The van der Waals surface area contributed by atoms with Gasteiger partial charge in [-0.25, -0.2) is 0 Å². The highest BCUT2D eigenvalue weighted by Crippen LogP contribution is 2.51. The number of halogens is 2. The molecule has 0 saturated carbocycles. The molecule has 1 amide bonds. The van der Waals surface area contributed by atoms with E-state index in [2.05, 4.69) is 5.32 Å². The highest BCUT2D eigenvalue weighted by atomic mass is 35.5. The number of allylic oxidation sites excluding steroid dienone is 1. The summed E-state index contributed by atoms with van der Waals surface area (Å²) in [4.78, 5) is 12.3. The third kappa shape index (κ3) is 3.02. The van der Waals surface area contributed by atoms with Crippen molar-refractivity contribution in [1.82, 2.24) is 5.32 Å². The van der Waals surface area contributed by atoms with Gasteiger partial charge in [-0.2, -0.15) is 0 Å². The molecule has 4 rings (SSSR count). The number of amides is 1. The largest absolute Gasteiger partial charge is 0.497 e. The second kappa shape index (κ2) is 6.86. The van der Waals surface area contributed by atoms with Gasteiger partial charge in [0.25, 0.3) is 5.91 Å². The summed E-state index contributed by atoms with van der Waals surface area (Å²) in [6.07, 6.45) is 3.49. The maximum Gasteiger partial charge on any atom is 0.256 e. The SMILES string of the molecule is COc1ccc([C@@H]2C=C[C@@]3(O)C(=O)NC[C@H]3[C@H]2c2ccc(Cl)cc2)c(Cl)c1. The molecular formula is C21H19Cl2NO3. The number of nitrogens with one attached hydrogen (secondary N) is 1. The Kier molecular flexibility index (Phi) is 4.66. The van der Waals surface area contributed by atoms with Crippen LogP contribution in [0.3, 0.4) is 0 Å². The lowest BCUT2D eigenvalue weighted by Gasteiger charge is -2.40. The van der Waals surface area contributed by atoms with Gasteiger partial charge in [0.2, 0.25) is 0 Å². The fourth-order valence-electron chi connectivity index (χ4n) is 4.22. The van der Waals surface area contributed by atoms with Crippen LogP contribution in [0, 0.1) is 5.92 Å². The number of rotatable bonds is 3. The van der Waals surface area contributed by atoms with E-state index in [-0.39, 0.29) is 23.7 Å². The molecule has 1 fully saturated rings. The Balaban J connectivity index is 1.85. The summed E-state index contributed by atoms with van der Waals surface area (Å²) >= 11 is 12.6. The lowest BCUT2D eigenvalue weighted by molar-refractivity contribution is -0.134. The lowest BCUT2D eigenvalue weighted by atomic mass is 9.65. The average Bonchev–Trinajstić information content (AvgIpc) is 2.97. The molecule has 1 aliphatic heterocycles. The number of hydrogen-bond acceptors (Lipinski definition) is 3. The van der Waals surface area contributed by atoms with Crippen molar-refractivity contribution in [2.45, 2.75) is 17.4 Å². The molecule has 27 heavy (non-hydrogen) atoms. The molecule has 0 radical (unpaired) electrons. The Morgan fingerprint density at radius 2 is 1.93 bits per heavy atom. The number of carbonyl (C=O) groups excluding carboxylic acids is 1. The number of fused-ring (bicyclic) bond motifs is 1. The molecule has 4 atom stereocenters. The monoisotopic (exact) mass is 403 g/mol. The Bertz CT molecular complexity index is 912. The van der Waals surface area contributed by atoms with Crippen molar-refractivity contribution < 1.29 is 14.6 Å². The zero-order chi connectivity index (χ0) is 19.2. The second-order valence-corrected chi connectivity index (χ2v) is 7.84. The zero-order valence-corrected chi connectivity index (χ0v) is 16.2. The molecule has 6 heteroatoms. The van der Waals surface area contributed by atoms with Gasteiger partial charge >= 0.3 is 0 Å². The van der Waals surface area contributed by atoms with Crippen molar-refractivity contribution in [3.05, 3.63) is 75.8 Å². The minimum Gasteiger partial charge on any atom is -0.497 e. The third-order valence-corrected chi connectivity index (χ3v) is 6.19. The predicted octanol–water partition coefficient (Wildman–Crippen LogP) is 3.92. The van der Waals surface area contributed by atoms with Crippen molar-refractivity contribution >= 4 is 29.1 Å². The Hall–Kier alpha value is -2.01. The molecule has 1 heterocycles. The highest BCUT2D eigenvalue weighted by molar-refractivity contribution is 6.31. The smallest absolute Gasteiger partial charge is 0.256 e. The van der Waals surface area contributed by atoms with E-state index in [1.807, 2.05) is 42.5 Å². The van der Waals surface area contributed by atoms with Crippen LogP contribution in [-0.4, -0.2) is 30.3 Å². The van der Waals surface area contributed by atoms with Crippen molar-refractivity contribution in [2.75, 3.05) is 13.7 Å². The van der Waals surface area contributed by atoms with Crippen LogP contribution in [0.15, 0.2) is 54.6 Å². The fourth-order valence-corrected chi connectivity index (χ4v) is 4.64. The summed E-state index contributed by atoms with van der Waals surface area (Å²) in [5.41, 5.74) is 0.412. The molecule has 2 N–H and O–H groups in total. The summed E-state index contributed by atoms with van der Waals surface area (Å²) in [7, 11) is 1.60. The van der Waals surface area contributed by atoms with E-state index in [9.17, 15) is 9.90 Å². The van der Waals surface area contributed by atoms with Gasteiger partial charge in [-0.1, -0.05) is 47.5 Å². The quantitative estimate of drug-likeness (QED) is 0.763. The van der Waals surface area contributed by atoms with Crippen LogP contribution in [0.1, 0.15) is 23.0 Å². The number of carbonyl (C=O) groups is 1. The lowest BCUT2D eigenvalue weighted by Crippen LogP contribution is -2.46. The number of hydrogen-bond donors (Lipinski definition) is 2. The van der Waals surface area contributed by atoms with Crippen LogP contribution in [0.2, 0.25) is 10.0 Å². The maximum absolute atomic E-state index is 12.3. The molecule has 2 aromatic rings. The first-order valence-corrected chi connectivity index (χ1v) is 9.48. The van der Waals surface area contributed by atoms with Gasteiger partial charge in [-0.3, -0.25) is 4.79 Å². The summed E-state index contributed by atoms with van der Waals surface area (Å²) in [6, 6.07) is 13.1. The van der Waals surface area contributed by atoms with Crippen LogP contribution in [0.5, 0.6) is 5.75 Å². The van der Waals surface area contributed by atoms with Gasteiger partial charge in [-0.15, -0.1) is 0 Å². The Morgan fingerprint density at radius 1 is 1.19 bits per heavy atom. The van der Waals surface area contributed by atoms with Crippen molar-refractivity contribution in [2.24, 2.45) is 5.92 Å². The predicted molar refractivity (Wildman–Crippen MR) is 106 cm³/mol. The Morgan fingerprint density at radius 3 is 2.59 bits per heavy atom. The van der Waals surface area contributed by atoms with E-state index in [0.717, 1.165) is 11.1 Å². The Labute approximate surface area is 167 Å². The normalized spacial score (nSPS) is 29.3. The van der Waals surface area contributed by atoms with Gasteiger partial charge in [0.05, 0.1) is 7.11 Å². The van der Waals surface area contributed by atoms with E-state index < -0.39 is 5.60 Å². The number of benzene rings is 2.